The van der Waals surface area contributed by atoms with Gasteiger partial charge in [0.15, 0.2) is 5.76 Å². The number of aromatic hydroxyl groups is 1. The van der Waals surface area contributed by atoms with Gasteiger partial charge in [-0.05, 0) is 42.5 Å². The molecule has 20 heavy (non-hydrogen) atoms. The highest BCUT2D eigenvalue weighted by atomic mass is 79.9. The number of nitrogens with one attached hydrogen (secondary N) is 1. The van der Waals surface area contributed by atoms with Crippen molar-refractivity contribution in [1.82, 2.24) is 0 Å². The normalized spacial score (nSPS) is 10.7. The fourth-order valence-electron chi connectivity index (χ4n) is 1.87. The molecule has 0 saturated heterocycles. The van der Waals surface area contributed by atoms with E-state index in [0.717, 1.165) is 9.86 Å². The second-order valence-electron chi connectivity index (χ2n) is 4.26. The maximum absolute atomic E-state index is 12.1. The van der Waals surface area contributed by atoms with E-state index in [-0.39, 0.29) is 17.4 Å². The number of fused-ring (bicyclic) bond motifs is 1. The summed E-state index contributed by atoms with van der Waals surface area (Å²) in [5.41, 5.74) is 1.24. The van der Waals surface area contributed by atoms with E-state index in [1.54, 1.807) is 24.3 Å². The molecule has 1 heterocycles. The van der Waals surface area contributed by atoms with Crippen molar-refractivity contribution in [3.05, 3.63) is 58.8 Å². The van der Waals surface area contributed by atoms with E-state index in [0.29, 0.717) is 11.3 Å². The molecular formula is C15H10BrNO3. The van der Waals surface area contributed by atoms with E-state index in [1.807, 2.05) is 12.1 Å². The molecule has 1 amide bonds. The molecule has 2 aromatic carbocycles. The van der Waals surface area contributed by atoms with Crippen molar-refractivity contribution in [3.8, 4) is 5.75 Å². The molecule has 0 aliphatic heterocycles. The van der Waals surface area contributed by atoms with Gasteiger partial charge in [0, 0.05) is 15.5 Å². The Morgan fingerprint density at radius 1 is 1.15 bits per heavy atom. The van der Waals surface area contributed by atoms with Gasteiger partial charge in [0.05, 0.1) is 0 Å². The minimum Gasteiger partial charge on any atom is -0.508 e. The van der Waals surface area contributed by atoms with Gasteiger partial charge in [-0.25, -0.2) is 0 Å². The predicted octanol–water partition coefficient (Wildman–Crippen LogP) is 4.15. The van der Waals surface area contributed by atoms with Crippen LogP contribution in [0.2, 0.25) is 0 Å². The van der Waals surface area contributed by atoms with Gasteiger partial charge in [-0.15, -0.1) is 0 Å². The van der Waals surface area contributed by atoms with Crippen LogP contribution in [-0.4, -0.2) is 11.0 Å². The Morgan fingerprint density at radius 2 is 1.90 bits per heavy atom. The summed E-state index contributed by atoms with van der Waals surface area (Å²) in [7, 11) is 0. The molecule has 4 nitrogen and oxygen atoms in total. The summed E-state index contributed by atoms with van der Waals surface area (Å²) >= 11 is 3.41. The maximum Gasteiger partial charge on any atom is 0.291 e. The molecule has 0 atom stereocenters. The molecule has 0 aliphatic carbocycles. The van der Waals surface area contributed by atoms with Crippen molar-refractivity contribution in [2.45, 2.75) is 0 Å². The Hall–Kier alpha value is -2.27. The van der Waals surface area contributed by atoms with Crippen LogP contribution in [0.25, 0.3) is 11.0 Å². The number of benzene rings is 2. The van der Waals surface area contributed by atoms with Gasteiger partial charge >= 0.3 is 0 Å². The maximum atomic E-state index is 12.1. The number of carbonyl (C=O) groups is 1. The largest absolute Gasteiger partial charge is 0.508 e. The molecule has 3 rings (SSSR count). The summed E-state index contributed by atoms with van der Waals surface area (Å²) < 4.78 is 6.39. The number of furan rings is 1. The van der Waals surface area contributed by atoms with Crippen molar-refractivity contribution >= 4 is 38.5 Å². The Labute approximate surface area is 123 Å². The molecule has 0 bridgehead atoms. The van der Waals surface area contributed by atoms with Crippen LogP contribution in [0.4, 0.5) is 5.69 Å². The minimum atomic E-state index is -0.334. The third-order valence-electron chi connectivity index (χ3n) is 2.86. The number of halogens is 1. The molecule has 2 N–H and O–H groups in total. The molecule has 3 aromatic rings. The zero-order valence-corrected chi connectivity index (χ0v) is 11.8. The quantitative estimate of drug-likeness (QED) is 0.693. The van der Waals surface area contributed by atoms with Crippen LogP contribution in [0.1, 0.15) is 10.6 Å². The van der Waals surface area contributed by atoms with Crippen molar-refractivity contribution in [3.63, 3.8) is 0 Å². The summed E-state index contributed by atoms with van der Waals surface area (Å²) in [6.45, 7) is 0. The number of rotatable bonds is 2. The Kier molecular flexibility index (Phi) is 3.20. The topological polar surface area (TPSA) is 62.5 Å². The predicted molar refractivity (Wildman–Crippen MR) is 80.0 cm³/mol. The van der Waals surface area contributed by atoms with E-state index in [9.17, 15) is 9.90 Å². The molecule has 5 heteroatoms. The molecule has 0 unspecified atom stereocenters. The second kappa shape index (κ2) is 5.02. The lowest BCUT2D eigenvalue weighted by Crippen LogP contribution is -2.10. The van der Waals surface area contributed by atoms with Crippen LogP contribution < -0.4 is 5.32 Å². The van der Waals surface area contributed by atoms with Crippen LogP contribution in [0, 0.1) is 0 Å². The number of anilines is 1. The minimum absolute atomic E-state index is 0.149. The Morgan fingerprint density at radius 3 is 2.60 bits per heavy atom. The highest BCUT2D eigenvalue weighted by Gasteiger charge is 2.13. The zero-order valence-electron chi connectivity index (χ0n) is 10.3. The monoisotopic (exact) mass is 331 g/mol. The standard InChI is InChI=1S/C15H10BrNO3/c16-12-2-1-3-13-11(12)8-14(20-13)15(19)17-9-4-6-10(18)7-5-9/h1-8,18H,(H,17,19). The van der Waals surface area contributed by atoms with Gasteiger partial charge in [0.1, 0.15) is 11.3 Å². The summed E-state index contributed by atoms with van der Waals surface area (Å²) in [5.74, 6) is 0.0504. The zero-order chi connectivity index (χ0) is 14.1. The highest BCUT2D eigenvalue weighted by molar-refractivity contribution is 9.10. The number of phenols is 1. The first kappa shape index (κ1) is 12.7. The second-order valence-corrected chi connectivity index (χ2v) is 5.12. The third kappa shape index (κ3) is 2.40. The number of amides is 1. The summed E-state index contributed by atoms with van der Waals surface area (Å²) in [5, 5.41) is 12.8. The fourth-order valence-corrected chi connectivity index (χ4v) is 2.34. The number of hydrogen-bond acceptors (Lipinski definition) is 3. The summed E-state index contributed by atoms with van der Waals surface area (Å²) in [6.07, 6.45) is 0. The van der Waals surface area contributed by atoms with Crippen molar-refractivity contribution in [2.24, 2.45) is 0 Å². The molecule has 0 radical (unpaired) electrons. The van der Waals surface area contributed by atoms with Gasteiger partial charge in [0.25, 0.3) is 5.91 Å². The Balaban J connectivity index is 1.89. The lowest BCUT2D eigenvalue weighted by molar-refractivity contribution is 0.0998. The van der Waals surface area contributed by atoms with E-state index in [4.69, 9.17) is 4.42 Å². The lowest BCUT2D eigenvalue weighted by atomic mass is 10.2. The van der Waals surface area contributed by atoms with Crippen LogP contribution in [0.15, 0.2) is 57.4 Å². The van der Waals surface area contributed by atoms with Gasteiger partial charge in [-0.3, -0.25) is 4.79 Å². The molecule has 0 saturated carbocycles. The van der Waals surface area contributed by atoms with Crippen LogP contribution >= 0.6 is 15.9 Å². The first-order valence-corrected chi connectivity index (χ1v) is 6.71. The van der Waals surface area contributed by atoms with Crippen molar-refractivity contribution in [1.29, 1.82) is 0 Å². The average molecular weight is 332 g/mol. The molecule has 0 aliphatic rings. The Bertz CT molecular complexity index is 777. The van der Waals surface area contributed by atoms with E-state index in [1.165, 1.54) is 12.1 Å². The highest BCUT2D eigenvalue weighted by Crippen LogP contribution is 2.27. The molecule has 0 spiro atoms. The summed E-state index contributed by atoms with van der Waals surface area (Å²) in [6, 6.07) is 13.5. The summed E-state index contributed by atoms with van der Waals surface area (Å²) in [4.78, 5) is 12.1. The molecule has 1 aromatic heterocycles. The number of carbonyl (C=O) groups excluding carboxylic acids is 1. The molecule has 0 fully saturated rings. The van der Waals surface area contributed by atoms with E-state index >= 15 is 0 Å². The fraction of sp³-hybridized carbons (Fsp3) is 0. The number of phenolic OH excluding ortho intramolecular Hbond substituents is 1. The smallest absolute Gasteiger partial charge is 0.291 e. The number of hydrogen-bond donors (Lipinski definition) is 2. The van der Waals surface area contributed by atoms with Crippen LogP contribution in [0.3, 0.4) is 0 Å². The molecular weight excluding hydrogens is 322 g/mol. The lowest BCUT2D eigenvalue weighted by Gasteiger charge is -2.02. The third-order valence-corrected chi connectivity index (χ3v) is 3.55. The van der Waals surface area contributed by atoms with Crippen LogP contribution in [-0.2, 0) is 0 Å². The van der Waals surface area contributed by atoms with Gasteiger partial charge in [0.2, 0.25) is 0 Å². The first-order chi connectivity index (χ1) is 9.63. The van der Waals surface area contributed by atoms with Crippen LogP contribution in [0.5, 0.6) is 5.75 Å². The van der Waals surface area contributed by atoms with Gasteiger partial charge < -0.3 is 14.8 Å². The van der Waals surface area contributed by atoms with E-state index < -0.39 is 0 Å². The van der Waals surface area contributed by atoms with Crippen molar-refractivity contribution in [2.75, 3.05) is 5.32 Å². The first-order valence-electron chi connectivity index (χ1n) is 5.92. The SMILES string of the molecule is O=C(Nc1ccc(O)cc1)c1cc2c(Br)cccc2o1. The molecule has 100 valence electrons. The van der Waals surface area contributed by atoms with Crippen molar-refractivity contribution < 1.29 is 14.3 Å². The average Bonchev–Trinajstić information content (AvgIpc) is 2.87. The van der Waals surface area contributed by atoms with Gasteiger partial charge in [-0.2, -0.15) is 0 Å². The van der Waals surface area contributed by atoms with E-state index in [2.05, 4.69) is 21.2 Å². The van der Waals surface area contributed by atoms with Gasteiger partial charge in [-0.1, -0.05) is 22.0 Å².